The second-order valence-electron chi connectivity index (χ2n) is 14.2. The Kier molecular flexibility index (Phi) is 16.7. The monoisotopic (exact) mass is 808 g/mol. The Balaban J connectivity index is 0.000000161. The lowest BCUT2D eigenvalue weighted by atomic mass is 9.76. The highest BCUT2D eigenvalue weighted by Gasteiger charge is 2.34. The maximum atomic E-state index is 12.4. The number of aromatic nitrogens is 4. The molecule has 0 saturated carbocycles. The molecule has 0 radical (unpaired) electrons. The Morgan fingerprint density at radius 3 is 1.80 bits per heavy atom. The van der Waals surface area contributed by atoms with Crippen LogP contribution in [-0.4, -0.2) is 43.2 Å². The van der Waals surface area contributed by atoms with Gasteiger partial charge in [0.05, 0.1) is 17.9 Å². The van der Waals surface area contributed by atoms with Crippen LogP contribution in [0.25, 0.3) is 28.3 Å². The molecule has 2 atom stereocenters. The van der Waals surface area contributed by atoms with Crippen LogP contribution in [-0.2, 0) is 20.8 Å². The number of H-pyrrole nitrogens is 1. The lowest BCUT2D eigenvalue weighted by Gasteiger charge is -2.29. The SMILES string of the molecule is CC(=O)/C=C/c1ccncc1.CC1=NC(=O)C(c2ccccc2)C(c2ccncc2)C1.Cc1cc(-c2ccncc2)c(-c2ccccc2)c(=O)[nH]1.NC(=O)Cc1ccccc1. The molecule has 8 rings (SSSR count). The number of benzene rings is 3. The van der Waals surface area contributed by atoms with Gasteiger partial charge in [-0.1, -0.05) is 97.1 Å². The minimum absolute atomic E-state index is 0.0400. The number of aryl methyl sites for hydroxylation is 1. The lowest BCUT2D eigenvalue weighted by molar-refractivity contribution is -0.120. The molecule has 3 aromatic carbocycles. The topological polar surface area (TPSA) is 161 Å². The lowest BCUT2D eigenvalue weighted by Crippen LogP contribution is -2.26. The van der Waals surface area contributed by atoms with E-state index in [-0.39, 0.29) is 35.0 Å². The number of primary amides is 1. The van der Waals surface area contributed by atoms with Crippen molar-refractivity contribution in [3.8, 4) is 22.3 Å². The van der Waals surface area contributed by atoms with Crippen LogP contribution in [0, 0.1) is 6.92 Å². The zero-order chi connectivity index (χ0) is 43.4. The predicted molar refractivity (Wildman–Crippen MR) is 243 cm³/mol. The standard InChI is InChI=1S/C17H16N2O.C17H14N2O.C9H9NO.C8H9NO/c2*1-12-11-15(13-7-9-18-10-8-13)16(17(20)19-12)14-5-3-2-4-6-14;1-8(11)2-3-9-4-6-10-7-5-9;9-8(10)6-7-4-2-1-3-5-7/h2-10,15-16H,11H2,1H3;2-11H,1H3,(H,19,20);2-7H,1H3;1-5H,6H2,(H2,9,10)/b;;3-2+;. The molecule has 3 N–H and O–H groups in total. The fourth-order valence-corrected chi connectivity index (χ4v) is 6.69. The van der Waals surface area contributed by atoms with E-state index in [2.05, 4.69) is 24.9 Å². The number of hydrogen-bond donors (Lipinski definition) is 2. The van der Waals surface area contributed by atoms with Crippen molar-refractivity contribution in [3.05, 3.63) is 215 Å². The molecule has 2 amide bonds. The number of allylic oxidation sites excluding steroid dienone is 1. The van der Waals surface area contributed by atoms with E-state index in [4.69, 9.17) is 5.73 Å². The van der Waals surface area contributed by atoms with Gasteiger partial charge in [0.25, 0.3) is 11.5 Å². The molecule has 5 heterocycles. The van der Waals surface area contributed by atoms with Crippen molar-refractivity contribution >= 4 is 29.4 Å². The van der Waals surface area contributed by atoms with Gasteiger partial charge >= 0.3 is 0 Å². The van der Waals surface area contributed by atoms with Crippen molar-refractivity contribution < 1.29 is 14.4 Å². The Hall–Kier alpha value is -7.72. The number of nitrogens with one attached hydrogen (secondary N) is 1. The van der Waals surface area contributed by atoms with E-state index in [9.17, 15) is 19.2 Å². The summed E-state index contributed by atoms with van der Waals surface area (Å²) in [6.45, 7) is 5.34. The van der Waals surface area contributed by atoms with Crippen molar-refractivity contribution in [2.75, 3.05) is 0 Å². The number of rotatable bonds is 8. The number of carbonyl (C=O) groups excluding carboxylic acids is 3. The van der Waals surface area contributed by atoms with Crippen molar-refractivity contribution in [1.82, 2.24) is 19.9 Å². The fraction of sp³-hybridized carbons (Fsp3) is 0.137. The third-order valence-electron chi connectivity index (χ3n) is 9.44. The maximum Gasteiger partial charge on any atom is 0.256 e. The van der Waals surface area contributed by atoms with E-state index in [1.165, 1.54) is 13.0 Å². The zero-order valence-electron chi connectivity index (χ0n) is 34.4. The van der Waals surface area contributed by atoms with Gasteiger partial charge in [-0.2, -0.15) is 0 Å². The number of ketones is 1. The van der Waals surface area contributed by atoms with Crippen LogP contribution in [0.15, 0.2) is 187 Å². The van der Waals surface area contributed by atoms with Crippen molar-refractivity contribution in [2.45, 2.75) is 45.4 Å². The molecule has 7 aromatic rings. The number of pyridine rings is 4. The van der Waals surface area contributed by atoms with Gasteiger partial charge < -0.3 is 10.7 Å². The van der Waals surface area contributed by atoms with Gasteiger partial charge in [-0.3, -0.25) is 34.1 Å². The maximum absolute atomic E-state index is 12.4. The minimum atomic E-state index is -0.286. The van der Waals surface area contributed by atoms with Gasteiger partial charge in [-0.05, 0) is 115 Å². The summed E-state index contributed by atoms with van der Waals surface area (Å²) in [6.07, 6.45) is 14.9. The molecule has 1 aliphatic heterocycles. The van der Waals surface area contributed by atoms with Gasteiger partial charge in [0.1, 0.15) is 0 Å². The first-order valence-corrected chi connectivity index (χ1v) is 19.7. The van der Waals surface area contributed by atoms with Gasteiger partial charge in [0.2, 0.25) is 5.91 Å². The first-order valence-electron chi connectivity index (χ1n) is 19.7. The molecule has 2 unspecified atom stereocenters. The number of amides is 2. The van der Waals surface area contributed by atoms with Crippen molar-refractivity contribution in [1.29, 1.82) is 0 Å². The van der Waals surface area contributed by atoms with Gasteiger partial charge in [0, 0.05) is 54.5 Å². The van der Waals surface area contributed by atoms with E-state index in [0.717, 1.165) is 56.8 Å². The van der Waals surface area contributed by atoms with Gasteiger partial charge in [-0.25, -0.2) is 4.99 Å². The quantitative estimate of drug-likeness (QED) is 0.145. The molecular weight excluding hydrogens is 761 g/mol. The zero-order valence-corrected chi connectivity index (χ0v) is 34.4. The summed E-state index contributed by atoms with van der Waals surface area (Å²) in [5.74, 6) is -0.317. The average molecular weight is 809 g/mol. The molecule has 1 aliphatic rings. The summed E-state index contributed by atoms with van der Waals surface area (Å²) in [7, 11) is 0. The van der Waals surface area contributed by atoms with Gasteiger partial charge in [0.15, 0.2) is 5.78 Å². The highest BCUT2D eigenvalue weighted by Crippen LogP contribution is 2.39. The molecule has 10 heteroatoms. The smallest absolute Gasteiger partial charge is 0.256 e. The predicted octanol–water partition coefficient (Wildman–Crippen LogP) is 9.15. The second-order valence-corrected chi connectivity index (χ2v) is 14.2. The van der Waals surface area contributed by atoms with Crippen LogP contribution < -0.4 is 11.3 Å². The van der Waals surface area contributed by atoms with E-state index < -0.39 is 0 Å². The summed E-state index contributed by atoms with van der Waals surface area (Å²) in [4.78, 5) is 64.7. The summed E-state index contributed by atoms with van der Waals surface area (Å²) < 4.78 is 0. The second kappa shape index (κ2) is 23.0. The molecule has 0 fully saturated rings. The van der Waals surface area contributed by atoms with Crippen LogP contribution in [0.5, 0.6) is 0 Å². The van der Waals surface area contributed by atoms with Crippen molar-refractivity contribution in [2.24, 2.45) is 10.7 Å². The highest BCUT2D eigenvalue weighted by atomic mass is 16.2. The molecule has 10 nitrogen and oxygen atoms in total. The molecule has 0 aliphatic carbocycles. The number of carbonyl (C=O) groups is 3. The number of nitrogens with zero attached hydrogens (tertiary/aromatic N) is 4. The third kappa shape index (κ3) is 14.0. The van der Waals surface area contributed by atoms with Crippen LogP contribution >= 0.6 is 0 Å². The Morgan fingerprint density at radius 1 is 0.689 bits per heavy atom. The minimum Gasteiger partial charge on any atom is -0.369 e. The molecule has 61 heavy (non-hydrogen) atoms. The molecular formula is C51H48N6O4. The van der Waals surface area contributed by atoms with Crippen LogP contribution in [0.3, 0.4) is 0 Å². The van der Waals surface area contributed by atoms with E-state index in [1.54, 1.807) is 43.3 Å². The first-order chi connectivity index (χ1) is 29.6. The summed E-state index contributed by atoms with van der Waals surface area (Å²) in [5, 5.41) is 0. The summed E-state index contributed by atoms with van der Waals surface area (Å²) >= 11 is 0. The van der Waals surface area contributed by atoms with Crippen LogP contribution in [0.1, 0.15) is 60.1 Å². The summed E-state index contributed by atoms with van der Waals surface area (Å²) in [5.41, 5.74) is 14.4. The van der Waals surface area contributed by atoms with Crippen LogP contribution in [0.4, 0.5) is 0 Å². The van der Waals surface area contributed by atoms with Crippen LogP contribution in [0.2, 0.25) is 0 Å². The molecule has 4 aromatic heterocycles. The number of aromatic amines is 1. The van der Waals surface area contributed by atoms with E-state index in [0.29, 0.717) is 12.0 Å². The Labute approximate surface area is 356 Å². The Morgan fingerprint density at radius 2 is 1.23 bits per heavy atom. The highest BCUT2D eigenvalue weighted by molar-refractivity contribution is 6.01. The average Bonchev–Trinajstić information content (AvgIpc) is 3.27. The number of nitrogens with two attached hydrogens (primary N) is 1. The molecule has 0 saturated heterocycles. The molecule has 0 bridgehead atoms. The van der Waals surface area contributed by atoms with E-state index in [1.807, 2.05) is 147 Å². The normalized spacial score (nSPS) is 14.1. The van der Waals surface area contributed by atoms with Gasteiger partial charge in [-0.15, -0.1) is 0 Å². The molecule has 0 spiro atoms. The molecule has 306 valence electrons. The number of aliphatic imine (C=N–C) groups is 1. The van der Waals surface area contributed by atoms with Crippen molar-refractivity contribution in [3.63, 3.8) is 0 Å². The third-order valence-corrected chi connectivity index (χ3v) is 9.44. The summed E-state index contributed by atoms with van der Waals surface area (Å²) in [6, 6.07) is 42.6. The number of hydrogen-bond acceptors (Lipinski definition) is 7. The largest absolute Gasteiger partial charge is 0.369 e. The van der Waals surface area contributed by atoms with E-state index >= 15 is 0 Å². The first kappa shape index (κ1) is 44.4. The fourth-order valence-electron chi connectivity index (χ4n) is 6.69. The Bertz CT molecular complexity index is 2580.